The van der Waals surface area contributed by atoms with Crippen LogP contribution in [0.1, 0.15) is 69.2 Å². The van der Waals surface area contributed by atoms with Gasteiger partial charge in [0.1, 0.15) is 0 Å². The average Bonchev–Trinajstić information content (AvgIpc) is 3.71. The first kappa shape index (κ1) is 43.8. The Kier molecular flexibility index (Phi) is 23.7. The molecule has 0 amide bonds. The van der Waals surface area contributed by atoms with Crippen molar-refractivity contribution in [3.63, 3.8) is 0 Å². The number of hydrogen-bond acceptors (Lipinski definition) is 4. The van der Waals surface area contributed by atoms with E-state index in [0.29, 0.717) is 0 Å². The summed E-state index contributed by atoms with van der Waals surface area (Å²) in [5, 5.41) is 4.50. The van der Waals surface area contributed by atoms with Crippen LogP contribution >= 0.6 is 11.3 Å². The zero-order valence-corrected chi connectivity index (χ0v) is 32.9. The first-order chi connectivity index (χ1) is 25.3. The molecule has 3 aromatic heterocycles. The summed E-state index contributed by atoms with van der Waals surface area (Å²) in [4.78, 5) is 13.2. The van der Waals surface area contributed by atoms with Crippen molar-refractivity contribution in [1.82, 2.24) is 15.0 Å². The van der Waals surface area contributed by atoms with Crippen molar-refractivity contribution in [1.29, 1.82) is 0 Å². The van der Waals surface area contributed by atoms with Gasteiger partial charge in [0.15, 0.2) is 0 Å². The quantitative estimate of drug-likeness (QED) is 0.134. The van der Waals surface area contributed by atoms with Crippen LogP contribution in [0, 0.1) is 18.2 Å². The molecular weight excluding hydrogens is 639 g/mol. The molecule has 0 radical (unpaired) electrons. The molecule has 3 nitrogen and oxygen atoms in total. The molecule has 8 rings (SSSR count). The SMILES string of the molecule is CC.CC.CC.CC.CC.[c-]1cccc2ccc3cccnc3c12.[c-]1ccccc1-c1ccccn1.[c-]1ccccc1-c1nc2ccccc2s1. The molecule has 5 aromatic carbocycles. The van der Waals surface area contributed by atoms with Crippen LogP contribution in [0.4, 0.5) is 0 Å². The zero-order chi connectivity index (χ0) is 37.7. The lowest BCUT2D eigenvalue weighted by atomic mass is 10.1. The maximum atomic E-state index is 4.57. The molecule has 51 heavy (non-hydrogen) atoms. The highest BCUT2D eigenvalue weighted by Crippen LogP contribution is 2.29. The summed E-state index contributed by atoms with van der Waals surface area (Å²) in [7, 11) is 0. The van der Waals surface area contributed by atoms with Gasteiger partial charge < -0.3 is 9.97 Å². The fourth-order valence-electron chi connectivity index (χ4n) is 4.32. The van der Waals surface area contributed by atoms with Gasteiger partial charge in [0.05, 0.1) is 5.52 Å². The van der Waals surface area contributed by atoms with Crippen LogP contribution < -0.4 is 0 Å². The van der Waals surface area contributed by atoms with E-state index in [4.69, 9.17) is 0 Å². The van der Waals surface area contributed by atoms with Crippen molar-refractivity contribution in [3.05, 3.63) is 164 Å². The predicted octanol–water partition coefficient (Wildman–Crippen LogP) is 14.6. The number of hydrogen-bond donors (Lipinski definition) is 0. The fraction of sp³-hybridized carbons (Fsp3) is 0.213. The van der Waals surface area contributed by atoms with Crippen LogP contribution in [0.3, 0.4) is 0 Å². The monoisotopic (exact) mass is 692 g/mol. The normalized spacial score (nSPS) is 8.98. The van der Waals surface area contributed by atoms with Gasteiger partial charge in [-0.05, 0) is 40.9 Å². The number of rotatable bonds is 2. The maximum Gasteiger partial charge on any atom is 0.0697 e. The third-order valence-corrected chi connectivity index (χ3v) is 7.36. The third-order valence-electron chi connectivity index (χ3n) is 6.29. The molecule has 266 valence electrons. The Morgan fingerprint density at radius 3 is 1.65 bits per heavy atom. The molecule has 0 bridgehead atoms. The van der Waals surface area contributed by atoms with Crippen molar-refractivity contribution in [2.75, 3.05) is 0 Å². The molecule has 0 unspecified atom stereocenters. The molecule has 0 aliphatic heterocycles. The summed E-state index contributed by atoms with van der Waals surface area (Å²) in [6.07, 6.45) is 3.61. The third kappa shape index (κ3) is 13.9. The number of para-hydroxylation sites is 1. The smallest absolute Gasteiger partial charge is 0.0697 e. The van der Waals surface area contributed by atoms with E-state index >= 15 is 0 Å². The lowest BCUT2D eigenvalue weighted by molar-refractivity contribution is 1.32. The van der Waals surface area contributed by atoms with E-state index in [9.17, 15) is 0 Å². The number of pyridine rings is 2. The highest BCUT2D eigenvalue weighted by molar-refractivity contribution is 7.21. The predicted molar refractivity (Wildman–Crippen MR) is 227 cm³/mol. The van der Waals surface area contributed by atoms with Crippen LogP contribution in [-0.4, -0.2) is 15.0 Å². The van der Waals surface area contributed by atoms with Crippen LogP contribution in [0.15, 0.2) is 146 Å². The Bertz CT molecular complexity index is 1860. The van der Waals surface area contributed by atoms with Gasteiger partial charge in [0, 0.05) is 22.1 Å². The molecule has 0 spiro atoms. The van der Waals surface area contributed by atoms with Crippen LogP contribution in [0.5, 0.6) is 0 Å². The zero-order valence-electron chi connectivity index (χ0n) is 32.1. The van der Waals surface area contributed by atoms with E-state index in [0.717, 1.165) is 38.2 Å². The van der Waals surface area contributed by atoms with Gasteiger partial charge in [0.25, 0.3) is 0 Å². The average molecular weight is 693 g/mol. The van der Waals surface area contributed by atoms with E-state index in [2.05, 4.69) is 63.5 Å². The minimum atomic E-state index is 0.970. The number of aromatic nitrogens is 3. The van der Waals surface area contributed by atoms with Crippen molar-refractivity contribution >= 4 is 43.2 Å². The van der Waals surface area contributed by atoms with Gasteiger partial charge >= 0.3 is 0 Å². The highest BCUT2D eigenvalue weighted by atomic mass is 32.1. The summed E-state index contributed by atoms with van der Waals surface area (Å²) >= 11 is 1.71. The molecule has 0 aliphatic rings. The molecule has 0 atom stereocenters. The van der Waals surface area contributed by atoms with E-state index in [1.54, 1.807) is 17.5 Å². The van der Waals surface area contributed by atoms with E-state index in [1.165, 1.54) is 15.5 Å². The van der Waals surface area contributed by atoms with Crippen molar-refractivity contribution in [3.8, 4) is 21.8 Å². The second-order valence-electron chi connectivity index (χ2n) is 9.03. The Balaban J connectivity index is 0.000000342. The van der Waals surface area contributed by atoms with E-state index in [-0.39, 0.29) is 0 Å². The first-order valence-corrected chi connectivity index (χ1v) is 19.0. The summed E-state index contributed by atoms with van der Waals surface area (Å²) in [6, 6.07) is 53.6. The van der Waals surface area contributed by atoms with Crippen molar-refractivity contribution in [2.24, 2.45) is 0 Å². The largest absolute Gasteiger partial charge is 0.305 e. The molecule has 0 aliphatic carbocycles. The molecule has 0 fully saturated rings. The standard InChI is InChI=1S/C13H8NS.C13H8N.C11H8N.5C2H6/c1-2-6-10(7-3-1)13-14-11-8-4-5-9-12(11)15-13;1-2-6-12-10(4-1)7-8-11-5-3-9-14-13(11)12;1-2-6-10(7-3-1)11-8-4-5-9-12-11;5*1-2/h1-6,8-9H;1-5,7-9H;1-6,8-9H;5*1-2H3/q3*-1;;;;;. The summed E-state index contributed by atoms with van der Waals surface area (Å²) < 4.78 is 1.23. The summed E-state index contributed by atoms with van der Waals surface area (Å²) in [5.41, 5.74) is 5.18. The van der Waals surface area contributed by atoms with Gasteiger partial charge in [-0.15, -0.1) is 107 Å². The minimum absolute atomic E-state index is 0.970. The Morgan fingerprint density at radius 1 is 0.451 bits per heavy atom. The minimum Gasteiger partial charge on any atom is -0.305 e. The van der Waals surface area contributed by atoms with Crippen molar-refractivity contribution in [2.45, 2.75) is 69.2 Å². The molecule has 0 N–H and O–H groups in total. The van der Waals surface area contributed by atoms with Crippen LogP contribution in [-0.2, 0) is 0 Å². The lowest BCUT2D eigenvalue weighted by Crippen LogP contribution is -1.80. The second-order valence-corrected chi connectivity index (χ2v) is 10.1. The summed E-state index contributed by atoms with van der Waals surface area (Å²) in [6.45, 7) is 20.0. The highest BCUT2D eigenvalue weighted by Gasteiger charge is 1.98. The summed E-state index contributed by atoms with van der Waals surface area (Å²) in [5.74, 6) is 0. The fourth-order valence-corrected chi connectivity index (χ4v) is 5.28. The molecule has 4 heteroatoms. The molecular formula is C47H54N3S-3. The Labute approximate surface area is 312 Å². The van der Waals surface area contributed by atoms with Gasteiger partial charge in [-0.1, -0.05) is 112 Å². The van der Waals surface area contributed by atoms with E-state index < -0.39 is 0 Å². The number of thiazole rings is 1. The topological polar surface area (TPSA) is 38.7 Å². The van der Waals surface area contributed by atoms with Gasteiger partial charge in [-0.2, -0.15) is 11.3 Å². The molecule has 0 saturated heterocycles. The van der Waals surface area contributed by atoms with Gasteiger partial charge in [0.2, 0.25) is 0 Å². The number of fused-ring (bicyclic) bond motifs is 4. The molecule has 0 saturated carbocycles. The van der Waals surface area contributed by atoms with Gasteiger partial charge in [-0.25, -0.2) is 0 Å². The first-order valence-electron chi connectivity index (χ1n) is 18.2. The lowest BCUT2D eigenvalue weighted by Gasteiger charge is -2.08. The maximum absolute atomic E-state index is 4.57. The van der Waals surface area contributed by atoms with Crippen molar-refractivity contribution < 1.29 is 0 Å². The molecule has 8 aromatic rings. The second kappa shape index (κ2) is 27.6. The Morgan fingerprint density at radius 2 is 1.02 bits per heavy atom. The van der Waals surface area contributed by atoms with E-state index in [1.807, 2.05) is 179 Å². The number of nitrogens with zero attached hydrogens (tertiary/aromatic N) is 3. The number of benzene rings is 5. The van der Waals surface area contributed by atoms with Gasteiger partial charge in [-0.3, -0.25) is 4.98 Å². The Hall–Kier alpha value is -5.19. The van der Waals surface area contributed by atoms with Crippen LogP contribution in [0.25, 0.3) is 53.7 Å². The van der Waals surface area contributed by atoms with Crippen LogP contribution in [0.2, 0.25) is 0 Å². The molecule has 3 heterocycles.